The third-order valence-electron chi connectivity index (χ3n) is 18.9. The molecule has 0 saturated carbocycles. The Kier molecular flexibility index (Phi) is 20.5. The van der Waals surface area contributed by atoms with E-state index >= 15 is 0 Å². The number of aromatic hydroxyl groups is 1. The van der Waals surface area contributed by atoms with E-state index < -0.39 is 47.5 Å². The molecule has 3 aromatic heterocycles. The van der Waals surface area contributed by atoms with E-state index in [1.807, 2.05) is 29.2 Å². The van der Waals surface area contributed by atoms with Crippen molar-refractivity contribution in [3.8, 4) is 16.9 Å². The molecule has 0 unspecified atom stereocenters. The van der Waals surface area contributed by atoms with E-state index in [2.05, 4.69) is 43.8 Å². The van der Waals surface area contributed by atoms with Crippen molar-refractivity contribution >= 4 is 143 Å². The van der Waals surface area contributed by atoms with Crippen LogP contribution in [-0.2, 0) is 57.3 Å². The summed E-state index contributed by atoms with van der Waals surface area (Å²) in [4.78, 5) is 65.3. The Labute approximate surface area is 625 Å². The molecule has 6 aliphatic rings. The Bertz CT molecular complexity index is 5210. The average Bonchev–Trinajstić information content (AvgIpc) is 1.62. The van der Waals surface area contributed by atoms with E-state index in [0.29, 0.717) is 118 Å². The summed E-state index contributed by atoms with van der Waals surface area (Å²) in [7, 11) is -11.3. The lowest BCUT2D eigenvalue weighted by atomic mass is 9.98. The summed E-state index contributed by atoms with van der Waals surface area (Å²) in [5.41, 5.74) is 8.19. The highest BCUT2D eigenvalue weighted by molar-refractivity contribution is 7.93. The Morgan fingerprint density at radius 1 is 0.462 bits per heavy atom. The van der Waals surface area contributed by atoms with Gasteiger partial charge >= 0.3 is 0 Å². The lowest BCUT2D eigenvalue weighted by molar-refractivity contribution is -0.122. The number of rotatable bonds is 17. The second-order valence-electron chi connectivity index (χ2n) is 24.9. The molecule has 4 N–H and O–H groups in total. The van der Waals surface area contributed by atoms with E-state index in [4.69, 9.17) is 11.6 Å². The van der Waals surface area contributed by atoms with Gasteiger partial charge in [-0.15, -0.1) is 34.0 Å². The van der Waals surface area contributed by atoms with Gasteiger partial charge in [0.05, 0.1) is 25.8 Å². The minimum atomic E-state index is -3.77. The van der Waals surface area contributed by atoms with Crippen LogP contribution in [-0.4, -0.2) is 145 Å². The van der Waals surface area contributed by atoms with Gasteiger partial charge < -0.3 is 34.5 Å². The maximum Gasteiger partial charge on any atom is 0.263 e. The maximum absolute atomic E-state index is 13.7. The topological polar surface area (TPSA) is 271 Å². The predicted molar refractivity (Wildman–Crippen MR) is 412 cm³/mol. The largest absolute Gasteiger partial charge is 0.508 e. The highest BCUT2D eigenvalue weighted by Gasteiger charge is 2.43. The van der Waals surface area contributed by atoms with Crippen LogP contribution in [0.4, 0.5) is 62.7 Å². The monoisotopic (exact) mass is 1560 g/mol. The first kappa shape index (κ1) is 71.3. The van der Waals surface area contributed by atoms with Crippen LogP contribution in [0, 0.1) is 17.5 Å². The molecule has 0 radical (unpaired) electrons. The van der Waals surface area contributed by atoms with E-state index in [1.54, 1.807) is 91.5 Å². The number of aromatic nitrogens is 3. The number of amides is 3. The van der Waals surface area contributed by atoms with Crippen LogP contribution in [0.15, 0.2) is 195 Å². The number of carbonyl (C=O) groups is 3. The van der Waals surface area contributed by atoms with Crippen molar-refractivity contribution in [2.75, 3.05) is 102 Å². The molecule has 4 fully saturated rings. The van der Waals surface area contributed by atoms with Crippen LogP contribution in [0.3, 0.4) is 0 Å². The number of nitrogens with one attached hydrogen (secondary N) is 3. The van der Waals surface area contributed by atoms with Gasteiger partial charge in [-0.2, -0.15) is 0 Å². The number of phenolic OH excluding ortho intramolecular Hbond substituents is 1. The number of carbonyl (C=O) groups excluding carboxylic acids is 3. The molecule has 9 heterocycles. The van der Waals surface area contributed by atoms with Crippen LogP contribution in [0.25, 0.3) is 11.1 Å². The number of halogens is 4. The van der Waals surface area contributed by atoms with Crippen molar-refractivity contribution in [1.29, 1.82) is 0 Å². The first-order chi connectivity index (χ1) is 50.0. The minimum absolute atomic E-state index is 0. The molecule has 7 aromatic carbocycles. The van der Waals surface area contributed by atoms with E-state index in [0.717, 1.165) is 46.1 Å². The highest BCUT2D eigenvalue weighted by Crippen LogP contribution is 2.42. The number of benzene rings is 7. The van der Waals surface area contributed by atoms with Gasteiger partial charge in [0.1, 0.15) is 35.3 Å². The number of thiazole rings is 3. The van der Waals surface area contributed by atoms with Gasteiger partial charge in [0.25, 0.3) is 30.1 Å². The molecule has 23 nitrogen and oxygen atoms in total. The lowest BCUT2D eigenvalue weighted by Gasteiger charge is -2.38. The van der Waals surface area contributed by atoms with Crippen LogP contribution in [0.1, 0.15) is 40.4 Å². The van der Waals surface area contributed by atoms with E-state index in [1.165, 1.54) is 107 Å². The molecule has 10 aromatic rings. The van der Waals surface area contributed by atoms with Gasteiger partial charge in [0.2, 0.25) is 17.7 Å². The number of sulfonamides is 3. The number of hydrogen-bond acceptors (Lipinski definition) is 20. The predicted octanol–water partition coefficient (Wildman–Crippen LogP) is 13.3. The summed E-state index contributed by atoms with van der Waals surface area (Å²) in [6, 6.07) is 37.5. The third kappa shape index (κ3) is 15.0. The second-order valence-corrected chi connectivity index (χ2v) is 33.1. The Morgan fingerprint density at radius 3 is 1.31 bits per heavy atom. The summed E-state index contributed by atoms with van der Waals surface area (Å²) in [6.07, 6.45) is 8.02. The van der Waals surface area contributed by atoms with Crippen molar-refractivity contribution in [1.82, 2.24) is 19.9 Å². The lowest BCUT2D eigenvalue weighted by Crippen LogP contribution is -2.52. The number of anilines is 9. The summed E-state index contributed by atoms with van der Waals surface area (Å²) < 4.78 is 124. The van der Waals surface area contributed by atoms with Crippen LogP contribution in [0.5, 0.6) is 5.75 Å². The van der Waals surface area contributed by atoms with Crippen LogP contribution in [0.2, 0.25) is 5.02 Å². The smallest absolute Gasteiger partial charge is 0.263 e. The number of phenols is 1. The molecule has 3 amide bonds. The average molecular weight is 1560 g/mol. The molecule has 16 rings (SSSR count). The Balaban J connectivity index is 0.000000225. The van der Waals surface area contributed by atoms with Crippen LogP contribution < -0.4 is 43.6 Å². The molecule has 6 aliphatic heterocycles. The summed E-state index contributed by atoms with van der Waals surface area (Å²) in [6.45, 7) is 5.33. The first-order valence-electron chi connectivity index (χ1n) is 32.9. The summed E-state index contributed by atoms with van der Waals surface area (Å²) in [5, 5.41) is 16.1. The van der Waals surface area contributed by atoms with Crippen molar-refractivity contribution in [3.63, 3.8) is 0 Å². The number of piperazine rings is 1. The summed E-state index contributed by atoms with van der Waals surface area (Å²) >= 11 is 9.62. The highest BCUT2D eigenvalue weighted by atomic mass is 35.5. The zero-order valence-corrected chi connectivity index (χ0v) is 60.7. The van der Waals surface area contributed by atoms with E-state index in [9.17, 15) is 57.9 Å². The molecule has 4 saturated heterocycles. The SMILES string of the molecule is O=C1[C@@H](N2CCN(c3cc(F)cc(F)c3)CC2)CCN1c1ccc(S(=O)(=O)Nc2nccs2)cc1.O=C1[C@@H](N2CCc3c(-c4ccc(F)c(Cl)c4)cccc32)CCN1c1ccc(S(=O)(=O)Nc2nccs2)cc1.O=C1[C@@H](N2CCc3c(O)cccc32)CCN1c1ccc(S(=O)(=O)Nc2nccs2)cc1.[HH].[HH].[HH].[HH].[HH].[HH].[HH]. The van der Waals surface area contributed by atoms with Crippen LogP contribution >= 0.6 is 45.6 Å². The van der Waals surface area contributed by atoms with Gasteiger partial charge in [-0.25, -0.2) is 53.4 Å². The fraction of sp³-hybridized carbons (Fsp3) is 0.239. The molecule has 3 atom stereocenters. The molecule has 104 heavy (non-hydrogen) atoms. The zero-order chi connectivity index (χ0) is 72.6. The van der Waals surface area contributed by atoms with Crippen molar-refractivity contribution < 1.29 is 67.9 Å². The molecular weight excluding hydrogens is 1480 g/mol. The molecule has 33 heteroatoms. The fourth-order valence-corrected chi connectivity index (χ4v) is 19.5. The number of nitrogens with zero attached hydrogens (tertiary/aromatic N) is 10. The van der Waals surface area contributed by atoms with Gasteiger partial charge in [-0.3, -0.25) is 33.4 Å². The van der Waals surface area contributed by atoms with Crippen molar-refractivity contribution in [2.24, 2.45) is 0 Å². The molecule has 0 bridgehead atoms. The zero-order valence-electron chi connectivity index (χ0n) is 55.0. The Hall–Kier alpha value is -9.67. The quantitative estimate of drug-likeness (QED) is 0.0659. The molecule has 0 spiro atoms. The Morgan fingerprint density at radius 2 is 0.875 bits per heavy atom. The second kappa shape index (κ2) is 29.8. The van der Waals surface area contributed by atoms with Gasteiger partial charge in [-0.1, -0.05) is 35.9 Å². The first-order valence-corrected chi connectivity index (χ1v) is 40.4. The molecular formula is C71H79ClF3N13O10S6. The van der Waals surface area contributed by atoms with Crippen molar-refractivity contribution in [2.45, 2.75) is 64.9 Å². The van der Waals surface area contributed by atoms with E-state index in [-0.39, 0.29) is 76.4 Å². The maximum atomic E-state index is 13.7. The summed E-state index contributed by atoms with van der Waals surface area (Å²) in [5.74, 6) is -1.49. The number of hydrogen-bond donors (Lipinski definition) is 4. The molecule has 0 aliphatic carbocycles. The van der Waals surface area contributed by atoms with Gasteiger partial charge in [-0.05, 0) is 164 Å². The minimum Gasteiger partial charge on any atom is -0.508 e. The number of fused-ring (bicyclic) bond motifs is 2. The van der Waals surface area contributed by atoms with Gasteiger partial charge in [0, 0.05) is 149 Å². The standard InChI is InChI=1S/C27H22ClFN4O3S2.C23H23F2N5O3S2.C21H20N4O4S2.7H2/c28-22-16-17(4-9-23(22)29)20-2-1-3-24-21(20)10-13-33(24)25-11-14-32(26(25)34)18-5-7-19(8-6-18)38(35,36)31-27-30-12-15-37-27;24-16-13-17(25)15-19(14-16)28-8-10-29(11-9-28)21-5-7-30(22(21)31)18-1-3-20(4-2-18)35(32,33)27-23-26-6-12-34-23;26-19-3-1-2-17-16(19)8-11-25(17)18-9-12-24(20(18)27)14-4-6-15(7-5-14)31(28,29)23-21-22-10-13-30-21;;;;;;;/h1-9,12,15-16,25H,10-11,13-14H2,(H,30,31);1-4,6,12-15,21H,5,7-11H2,(H,26,27);1-7,10,13,18,26H,8-9,11-12H2,(H,22,23);7*1H/t25-;21-;18-;;;;;;;/m000......./s1. The third-order valence-corrected chi connectivity index (χ3v) is 25.7. The van der Waals surface area contributed by atoms with Crippen molar-refractivity contribution in [3.05, 3.63) is 214 Å². The van der Waals surface area contributed by atoms with Gasteiger partial charge in [0.15, 0.2) is 15.4 Å². The normalized spacial score (nSPS) is 18.3. The molecule has 552 valence electrons. The fourth-order valence-electron chi connectivity index (χ4n) is 13.9.